The van der Waals surface area contributed by atoms with E-state index in [0.29, 0.717) is 0 Å². The van der Waals surface area contributed by atoms with E-state index >= 15 is 0 Å². The number of hydrogen-bond donors (Lipinski definition) is 0. The molecule has 5 heteroatoms. The van der Waals surface area contributed by atoms with Gasteiger partial charge in [0.2, 0.25) is 0 Å². The molecule has 0 rings (SSSR count). The van der Waals surface area contributed by atoms with Crippen LogP contribution in [0.2, 0.25) is 0 Å². The first-order valence-corrected chi connectivity index (χ1v) is 0. The van der Waals surface area contributed by atoms with Crippen molar-refractivity contribution in [1.82, 2.24) is 0 Å². The minimum Gasteiger partial charge on any atom is -1.00 e. The standard InChI is InChI=1S/4BrH.Np/h4*1H;/p-4. The van der Waals surface area contributed by atoms with Crippen molar-refractivity contribution >= 4 is 0 Å². The van der Waals surface area contributed by atoms with Crippen molar-refractivity contribution in [3.8, 4) is 0 Å². The zero-order chi connectivity index (χ0) is 0. The van der Waals surface area contributed by atoms with Gasteiger partial charge in [0.05, 0.1) is 0 Å². The average Bonchev–Trinajstić information content (AvgIpc) is 0. The summed E-state index contributed by atoms with van der Waals surface area (Å²) in [5, 5.41) is 0. The molecular formula is Br4Np-4. The second kappa shape index (κ2) is 28.4. The molecule has 0 saturated heterocycles. The topological polar surface area (TPSA) is 0 Å². The van der Waals surface area contributed by atoms with Gasteiger partial charge in [-0.3, -0.25) is 0 Å². The Balaban J connectivity index is 0. The third-order valence-electron chi connectivity index (χ3n) is 0. The van der Waals surface area contributed by atoms with Crippen LogP contribution in [-0.2, 0) is 0 Å². The van der Waals surface area contributed by atoms with E-state index in [2.05, 4.69) is 0 Å². The molecule has 0 atom stereocenters. The first-order chi connectivity index (χ1) is 0. The van der Waals surface area contributed by atoms with Crippen LogP contribution in [0.25, 0.3) is 0 Å². The van der Waals surface area contributed by atoms with Crippen molar-refractivity contribution in [1.29, 1.82) is 0 Å². The summed E-state index contributed by atoms with van der Waals surface area (Å²) in [5.41, 5.74) is 0. The van der Waals surface area contributed by atoms with Crippen LogP contribution in [0, 0.1) is 29.9 Å². The van der Waals surface area contributed by atoms with Gasteiger partial charge >= 0.3 is 0 Å². The van der Waals surface area contributed by atoms with Gasteiger partial charge in [0.25, 0.3) is 0 Å². The van der Waals surface area contributed by atoms with E-state index in [1.54, 1.807) is 0 Å². The summed E-state index contributed by atoms with van der Waals surface area (Å²) in [6.07, 6.45) is 0. The molecule has 0 bridgehead atoms. The van der Waals surface area contributed by atoms with Crippen molar-refractivity contribution < 1.29 is 97.9 Å². The quantitative estimate of drug-likeness (QED) is 0.278. The fourth-order valence-corrected chi connectivity index (χ4v) is 0. The van der Waals surface area contributed by atoms with E-state index in [0.717, 1.165) is 0 Å². The molecule has 0 aromatic rings. The summed E-state index contributed by atoms with van der Waals surface area (Å²) in [6, 6.07) is 0. The molecule has 0 aliphatic carbocycles. The second-order valence-electron chi connectivity index (χ2n) is 0. The Bertz CT molecular complexity index is 3.61. The SMILES string of the molecule is [Br-].[Br-].[Br-].[Br-].[Np]. The predicted octanol–water partition coefficient (Wildman–Crippen LogP) is -12.0. The molecule has 0 unspecified atom stereocenters. The Labute approximate surface area is 96.2 Å². The average molecular weight is 557 g/mol. The van der Waals surface area contributed by atoms with Crippen molar-refractivity contribution in [2.45, 2.75) is 0 Å². The van der Waals surface area contributed by atoms with E-state index in [9.17, 15) is 0 Å². The van der Waals surface area contributed by atoms with Gasteiger partial charge in [-0.15, -0.1) is 0 Å². The van der Waals surface area contributed by atoms with Crippen molar-refractivity contribution in [3.63, 3.8) is 0 Å². The van der Waals surface area contributed by atoms with Gasteiger partial charge in [-0.25, -0.2) is 0 Å². The third-order valence-corrected chi connectivity index (χ3v) is 0. The summed E-state index contributed by atoms with van der Waals surface area (Å²) in [7, 11) is 0. The summed E-state index contributed by atoms with van der Waals surface area (Å²) in [4.78, 5) is 0. The van der Waals surface area contributed by atoms with Gasteiger partial charge in [-0.05, 0) is 0 Å². The summed E-state index contributed by atoms with van der Waals surface area (Å²) < 4.78 is 0. The smallest absolute Gasteiger partial charge is 0 e. The molecule has 0 aromatic heterocycles. The van der Waals surface area contributed by atoms with E-state index < -0.39 is 0 Å². The second-order valence-corrected chi connectivity index (χ2v) is 0. The minimum atomic E-state index is 0. The van der Waals surface area contributed by atoms with Crippen LogP contribution in [0.15, 0.2) is 0 Å². The van der Waals surface area contributed by atoms with Crippen LogP contribution < -0.4 is 67.9 Å². The molecule has 0 saturated carbocycles. The maximum absolute atomic E-state index is 0. The van der Waals surface area contributed by atoms with Gasteiger partial charge in [0.1, 0.15) is 0 Å². The molecule has 1 radical (unpaired) electrons. The molecule has 0 N–H and O–H groups in total. The first-order valence-electron chi connectivity index (χ1n) is 0. The fourth-order valence-electron chi connectivity index (χ4n) is 0. The van der Waals surface area contributed by atoms with Crippen LogP contribution in [-0.4, -0.2) is 0 Å². The number of hydrogen-bond acceptors (Lipinski definition) is 0. The van der Waals surface area contributed by atoms with Crippen molar-refractivity contribution in [2.75, 3.05) is 0 Å². The van der Waals surface area contributed by atoms with Gasteiger partial charge in [0, 0.05) is 29.9 Å². The number of halogens is 4. The van der Waals surface area contributed by atoms with Crippen molar-refractivity contribution in [3.05, 3.63) is 0 Å². The van der Waals surface area contributed by atoms with E-state index in [-0.39, 0.29) is 97.9 Å². The zero-order valence-corrected chi connectivity index (χ0v) is 12.0. The summed E-state index contributed by atoms with van der Waals surface area (Å²) in [6.45, 7) is 0. The van der Waals surface area contributed by atoms with Crippen LogP contribution in [0.5, 0.6) is 0 Å². The Hall–Kier alpha value is 2.93. The molecule has 0 nitrogen and oxygen atoms in total. The molecule has 5 heavy (non-hydrogen) atoms. The predicted molar refractivity (Wildman–Crippen MR) is 0 cm³/mol. The Morgan fingerprint density at radius 1 is 0.400 bits per heavy atom. The fraction of sp³-hybridized carbons (Fsp3) is 0. The van der Waals surface area contributed by atoms with Crippen molar-refractivity contribution in [2.24, 2.45) is 0 Å². The van der Waals surface area contributed by atoms with Gasteiger partial charge in [-0.2, -0.15) is 0 Å². The molecule has 0 amide bonds. The van der Waals surface area contributed by atoms with E-state index in [4.69, 9.17) is 0 Å². The maximum Gasteiger partial charge on any atom is 0 e. The minimum absolute atomic E-state index is 0. The number of rotatable bonds is 0. The molecule has 0 heterocycles. The Kier molecular flexibility index (Phi) is 251. The first kappa shape index (κ1) is 44.3. The maximum atomic E-state index is 0. The van der Waals surface area contributed by atoms with Crippen LogP contribution >= 0.6 is 0 Å². The third kappa shape index (κ3) is 19.6. The van der Waals surface area contributed by atoms with Gasteiger partial charge in [0.15, 0.2) is 0 Å². The normalized spacial score (nSPS) is 0. The van der Waals surface area contributed by atoms with Crippen LogP contribution in [0.4, 0.5) is 0 Å². The van der Waals surface area contributed by atoms with E-state index in [1.165, 1.54) is 0 Å². The molecular weight excluding hydrogens is 557 g/mol. The Morgan fingerprint density at radius 2 is 0.400 bits per heavy atom. The molecule has 0 aliphatic heterocycles. The summed E-state index contributed by atoms with van der Waals surface area (Å²) >= 11 is 0. The summed E-state index contributed by atoms with van der Waals surface area (Å²) in [5.74, 6) is 0. The zero-order valence-electron chi connectivity index (χ0n) is 1.96. The largest absolute Gasteiger partial charge is 1.00 e. The Morgan fingerprint density at radius 3 is 0.400 bits per heavy atom. The van der Waals surface area contributed by atoms with Crippen LogP contribution in [0.1, 0.15) is 0 Å². The molecule has 37 valence electrons. The molecule has 0 aliphatic rings. The van der Waals surface area contributed by atoms with Gasteiger partial charge in [-0.1, -0.05) is 0 Å². The van der Waals surface area contributed by atoms with Crippen LogP contribution in [0.3, 0.4) is 0 Å². The van der Waals surface area contributed by atoms with E-state index in [1.807, 2.05) is 0 Å². The molecule has 0 aromatic carbocycles. The van der Waals surface area contributed by atoms with Gasteiger partial charge < -0.3 is 67.9 Å². The molecule has 0 fully saturated rings. The molecule has 0 spiro atoms. The monoisotopic (exact) mass is 552 g/mol.